The summed E-state index contributed by atoms with van der Waals surface area (Å²) in [5.41, 5.74) is 2.29. The molecule has 5 heteroatoms. The standard InChI is InChI=1S/C16H16FIN2O/c1-9-6-7-11(17)8-12(9)15-19-14(10-4-2-3-5-10)13(18)16(21)20-15/h6-8,10H,2-5H2,1H3,(H,19,20,21). The second kappa shape index (κ2) is 5.87. The van der Waals surface area contributed by atoms with Gasteiger partial charge in [-0.05, 0) is 60.1 Å². The van der Waals surface area contributed by atoms with Gasteiger partial charge in [-0.25, -0.2) is 9.37 Å². The van der Waals surface area contributed by atoms with Crippen molar-refractivity contribution in [3.05, 3.63) is 49.2 Å². The van der Waals surface area contributed by atoms with E-state index in [1.165, 1.54) is 25.0 Å². The molecule has 110 valence electrons. The van der Waals surface area contributed by atoms with Crippen LogP contribution in [0, 0.1) is 16.3 Å². The number of aryl methyl sites for hydroxylation is 1. The molecule has 0 unspecified atom stereocenters. The number of hydrogen-bond acceptors (Lipinski definition) is 2. The summed E-state index contributed by atoms with van der Waals surface area (Å²) in [6, 6.07) is 4.55. The van der Waals surface area contributed by atoms with E-state index in [9.17, 15) is 9.18 Å². The highest BCUT2D eigenvalue weighted by Crippen LogP contribution is 2.35. The summed E-state index contributed by atoms with van der Waals surface area (Å²) in [7, 11) is 0. The normalized spacial score (nSPS) is 15.6. The molecule has 1 aliphatic rings. The molecule has 0 atom stereocenters. The van der Waals surface area contributed by atoms with Crippen LogP contribution in [0.3, 0.4) is 0 Å². The molecule has 21 heavy (non-hydrogen) atoms. The minimum Gasteiger partial charge on any atom is -0.306 e. The zero-order chi connectivity index (χ0) is 15.0. The monoisotopic (exact) mass is 398 g/mol. The summed E-state index contributed by atoms with van der Waals surface area (Å²) < 4.78 is 14.2. The maximum atomic E-state index is 13.5. The second-order valence-corrected chi connectivity index (χ2v) is 6.63. The maximum Gasteiger partial charge on any atom is 0.264 e. The molecule has 3 rings (SSSR count). The van der Waals surface area contributed by atoms with Crippen LogP contribution in [0.4, 0.5) is 4.39 Å². The third-order valence-corrected chi connectivity index (χ3v) is 5.13. The molecule has 1 N–H and O–H groups in total. The predicted molar refractivity (Wildman–Crippen MR) is 88.9 cm³/mol. The maximum absolute atomic E-state index is 13.5. The molecule has 0 aliphatic heterocycles. The number of aromatic nitrogens is 2. The van der Waals surface area contributed by atoms with Crippen molar-refractivity contribution >= 4 is 22.6 Å². The van der Waals surface area contributed by atoms with Crippen molar-refractivity contribution in [3.8, 4) is 11.4 Å². The first-order valence-corrected chi connectivity index (χ1v) is 8.20. The molecule has 0 amide bonds. The predicted octanol–water partition coefficient (Wildman–Crippen LogP) is 4.15. The van der Waals surface area contributed by atoms with E-state index >= 15 is 0 Å². The Hall–Kier alpha value is -1.24. The molecule has 0 bridgehead atoms. The van der Waals surface area contributed by atoms with E-state index in [4.69, 9.17) is 0 Å². The van der Waals surface area contributed by atoms with Crippen molar-refractivity contribution in [2.24, 2.45) is 0 Å². The van der Waals surface area contributed by atoms with Crippen molar-refractivity contribution in [1.82, 2.24) is 9.97 Å². The summed E-state index contributed by atoms with van der Waals surface area (Å²) in [6.45, 7) is 1.89. The average Bonchev–Trinajstić information content (AvgIpc) is 2.98. The number of rotatable bonds is 2. The SMILES string of the molecule is Cc1ccc(F)cc1-c1nc(C2CCCC2)c(I)c(=O)[nH]1. The highest BCUT2D eigenvalue weighted by molar-refractivity contribution is 14.1. The van der Waals surface area contributed by atoms with Gasteiger partial charge in [0.2, 0.25) is 0 Å². The number of hydrogen-bond donors (Lipinski definition) is 1. The van der Waals surface area contributed by atoms with Crippen LogP contribution in [0.2, 0.25) is 0 Å². The van der Waals surface area contributed by atoms with E-state index in [1.54, 1.807) is 6.07 Å². The Bertz CT molecular complexity index is 736. The van der Waals surface area contributed by atoms with Gasteiger partial charge in [0.1, 0.15) is 11.6 Å². The van der Waals surface area contributed by atoms with Gasteiger partial charge >= 0.3 is 0 Å². The van der Waals surface area contributed by atoms with Gasteiger partial charge in [0, 0.05) is 11.5 Å². The summed E-state index contributed by atoms with van der Waals surface area (Å²) in [6.07, 6.45) is 4.52. The average molecular weight is 398 g/mol. The molecule has 1 aliphatic carbocycles. The van der Waals surface area contributed by atoms with Crippen LogP contribution in [-0.4, -0.2) is 9.97 Å². The quantitative estimate of drug-likeness (QED) is 0.773. The van der Waals surface area contributed by atoms with E-state index in [0.29, 0.717) is 20.9 Å². The molecule has 1 aromatic heterocycles. The number of benzene rings is 1. The van der Waals surface area contributed by atoms with Crippen LogP contribution in [-0.2, 0) is 0 Å². The minimum absolute atomic E-state index is 0.133. The van der Waals surface area contributed by atoms with Crippen LogP contribution < -0.4 is 5.56 Å². The highest BCUT2D eigenvalue weighted by Gasteiger charge is 2.23. The van der Waals surface area contributed by atoms with Gasteiger partial charge < -0.3 is 4.98 Å². The second-order valence-electron chi connectivity index (χ2n) is 5.55. The smallest absolute Gasteiger partial charge is 0.264 e. The number of nitrogens with one attached hydrogen (secondary N) is 1. The van der Waals surface area contributed by atoms with Gasteiger partial charge in [0.05, 0.1) is 9.26 Å². The van der Waals surface area contributed by atoms with Gasteiger partial charge in [0.25, 0.3) is 5.56 Å². The Kier molecular flexibility index (Phi) is 4.10. The first-order valence-electron chi connectivity index (χ1n) is 7.12. The zero-order valence-electron chi connectivity index (χ0n) is 11.7. The van der Waals surface area contributed by atoms with Crippen LogP contribution in [0.15, 0.2) is 23.0 Å². The highest BCUT2D eigenvalue weighted by atomic mass is 127. The molecule has 0 spiro atoms. The van der Waals surface area contributed by atoms with Gasteiger partial charge in [0.15, 0.2) is 0 Å². The van der Waals surface area contributed by atoms with E-state index in [1.807, 2.05) is 6.92 Å². The fourth-order valence-corrected chi connectivity index (χ4v) is 3.62. The lowest BCUT2D eigenvalue weighted by molar-refractivity contribution is 0.627. The topological polar surface area (TPSA) is 45.8 Å². The Morgan fingerprint density at radius 3 is 2.76 bits per heavy atom. The Labute approximate surface area is 136 Å². The third-order valence-electron chi connectivity index (χ3n) is 4.09. The Balaban J connectivity index is 2.15. The summed E-state index contributed by atoms with van der Waals surface area (Å²) in [4.78, 5) is 19.6. The molecule has 1 saturated carbocycles. The lowest BCUT2D eigenvalue weighted by Gasteiger charge is -2.13. The molecule has 1 heterocycles. The van der Waals surface area contributed by atoms with Crippen molar-refractivity contribution in [2.45, 2.75) is 38.5 Å². The lowest BCUT2D eigenvalue weighted by atomic mass is 10.0. The number of halogens is 2. The molecule has 3 nitrogen and oxygen atoms in total. The fraction of sp³-hybridized carbons (Fsp3) is 0.375. The van der Waals surface area contributed by atoms with Crippen molar-refractivity contribution < 1.29 is 4.39 Å². The van der Waals surface area contributed by atoms with Crippen molar-refractivity contribution in [2.75, 3.05) is 0 Å². The first kappa shape index (κ1) is 14.7. The van der Waals surface area contributed by atoms with E-state index in [-0.39, 0.29) is 11.4 Å². The van der Waals surface area contributed by atoms with Gasteiger partial charge in [-0.2, -0.15) is 0 Å². The van der Waals surface area contributed by atoms with Gasteiger partial charge in [-0.15, -0.1) is 0 Å². The lowest BCUT2D eigenvalue weighted by Crippen LogP contribution is -2.18. The fourth-order valence-electron chi connectivity index (χ4n) is 2.92. The van der Waals surface area contributed by atoms with E-state index in [2.05, 4.69) is 32.6 Å². The van der Waals surface area contributed by atoms with Crippen LogP contribution in [0.25, 0.3) is 11.4 Å². The van der Waals surface area contributed by atoms with Gasteiger partial charge in [-0.3, -0.25) is 4.79 Å². The number of nitrogens with zero attached hydrogens (tertiary/aromatic N) is 1. The zero-order valence-corrected chi connectivity index (χ0v) is 13.9. The molecule has 0 radical (unpaired) electrons. The number of H-pyrrole nitrogens is 1. The molecular weight excluding hydrogens is 382 g/mol. The molecule has 1 fully saturated rings. The molecule has 2 aromatic rings. The summed E-state index contributed by atoms with van der Waals surface area (Å²) in [5, 5.41) is 0. The van der Waals surface area contributed by atoms with Gasteiger partial charge in [-0.1, -0.05) is 18.9 Å². The molecular formula is C16H16FIN2O. The molecule has 1 aromatic carbocycles. The molecule has 0 saturated heterocycles. The Morgan fingerprint density at radius 2 is 2.05 bits per heavy atom. The summed E-state index contributed by atoms with van der Waals surface area (Å²) >= 11 is 2.07. The van der Waals surface area contributed by atoms with E-state index in [0.717, 1.165) is 24.1 Å². The minimum atomic E-state index is -0.320. The number of aromatic amines is 1. The van der Waals surface area contributed by atoms with Crippen LogP contribution >= 0.6 is 22.6 Å². The largest absolute Gasteiger partial charge is 0.306 e. The summed E-state index contributed by atoms with van der Waals surface area (Å²) in [5.74, 6) is 0.505. The van der Waals surface area contributed by atoms with Crippen molar-refractivity contribution in [3.63, 3.8) is 0 Å². The van der Waals surface area contributed by atoms with Crippen LogP contribution in [0.1, 0.15) is 42.9 Å². The Morgan fingerprint density at radius 1 is 1.33 bits per heavy atom. The van der Waals surface area contributed by atoms with Crippen LogP contribution in [0.5, 0.6) is 0 Å². The first-order chi connectivity index (χ1) is 10.1. The van der Waals surface area contributed by atoms with Crippen molar-refractivity contribution in [1.29, 1.82) is 0 Å². The third kappa shape index (κ3) is 2.88. The van der Waals surface area contributed by atoms with E-state index < -0.39 is 0 Å².